The van der Waals surface area contributed by atoms with Crippen LogP contribution in [0, 0.1) is 6.92 Å². The summed E-state index contributed by atoms with van der Waals surface area (Å²) >= 11 is 0. The van der Waals surface area contributed by atoms with E-state index in [-0.39, 0.29) is 5.76 Å². The van der Waals surface area contributed by atoms with E-state index >= 15 is 0 Å². The molecule has 14 heavy (non-hydrogen) atoms. The molecule has 0 fully saturated rings. The lowest BCUT2D eigenvalue weighted by molar-refractivity contribution is 0.139. The van der Waals surface area contributed by atoms with Crippen LogP contribution in [-0.2, 0) is 0 Å². The molecule has 1 aromatic rings. The highest BCUT2D eigenvalue weighted by Gasteiger charge is 2.15. The molecule has 0 aliphatic carbocycles. The predicted molar refractivity (Wildman–Crippen MR) is 51.5 cm³/mol. The quantitative estimate of drug-likeness (QED) is 0.797. The number of ether oxygens (including phenoxy) is 1. The minimum absolute atomic E-state index is 0.289. The smallest absolute Gasteiger partial charge is 0.339 e. The molecule has 0 aliphatic heterocycles. The third-order valence-corrected chi connectivity index (χ3v) is 2.11. The summed E-state index contributed by atoms with van der Waals surface area (Å²) in [5.41, 5.74) is 0.163. The molecule has 0 saturated carbocycles. The van der Waals surface area contributed by atoms with Gasteiger partial charge in [-0.25, -0.2) is 4.79 Å². The molecule has 1 N–H and O–H groups in total. The predicted octanol–water partition coefficient (Wildman–Crippen LogP) is 1.40. The van der Waals surface area contributed by atoms with Gasteiger partial charge in [0.05, 0.1) is 13.2 Å². The maximum absolute atomic E-state index is 11.1. The number of rotatable bonds is 3. The largest absolute Gasteiger partial charge is 0.496 e. The van der Waals surface area contributed by atoms with Crippen molar-refractivity contribution in [1.82, 2.24) is 0 Å². The van der Waals surface area contributed by atoms with Crippen LogP contribution >= 0.6 is 0 Å². The van der Waals surface area contributed by atoms with Gasteiger partial charge in [-0.3, -0.25) is 0 Å². The highest BCUT2D eigenvalue weighted by molar-refractivity contribution is 5.33. The van der Waals surface area contributed by atoms with Crippen molar-refractivity contribution >= 4 is 0 Å². The fourth-order valence-corrected chi connectivity index (χ4v) is 1.27. The van der Waals surface area contributed by atoms with Gasteiger partial charge in [0.25, 0.3) is 0 Å². The molecule has 1 aromatic heterocycles. The Balaban J connectivity index is 3.29. The van der Waals surface area contributed by atoms with Crippen LogP contribution < -0.4 is 10.4 Å². The van der Waals surface area contributed by atoms with Crippen molar-refractivity contribution < 1.29 is 14.3 Å². The second-order valence-corrected chi connectivity index (χ2v) is 3.05. The summed E-state index contributed by atoms with van der Waals surface area (Å²) < 4.78 is 9.91. The molecule has 4 heteroatoms. The Morgan fingerprint density at radius 2 is 2.29 bits per heavy atom. The maximum Gasteiger partial charge on any atom is 0.339 e. The molecule has 0 aliphatic rings. The fraction of sp³-hybridized carbons (Fsp3) is 0.500. The molecule has 0 spiro atoms. The van der Waals surface area contributed by atoms with Gasteiger partial charge in [-0.05, 0) is 13.3 Å². The highest BCUT2D eigenvalue weighted by Crippen LogP contribution is 2.25. The van der Waals surface area contributed by atoms with Crippen molar-refractivity contribution in [2.75, 3.05) is 7.11 Å². The van der Waals surface area contributed by atoms with Crippen LogP contribution in [0.5, 0.6) is 5.75 Å². The van der Waals surface area contributed by atoms with E-state index in [0.717, 1.165) is 0 Å². The third kappa shape index (κ3) is 1.96. The van der Waals surface area contributed by atoms with Gasteiger partial charge in [0.1, 0.15) is 17.6 Å². The Bertz CT molecular complexity index is 367. The molecule has 4 nitrogen and oxygen atoms in total. The number of aliphatic hydroxyl groups excluding tert-OH is 1. The average molecular weight is 198 g/mol. The van der Waals surface area contributed by atoms with Crippen molar-refractivity contribution in [2.45, 2.75) is 26.4 Å². The van der Waals surface area contributed by atoms with Crippen molar-refractivity contribution in [1.29, 1.82) is 0 Å². The third-order valence-electron chi connectivity index (χ3n) is 2.11. The average Bonchev–Trinajstić information content (AvgIpc) is 2.19. The summed E-state index contributed by atoms with van der Waals surface area (Å²) in [5, 5.41) is 9.57. The van der Waals surface area contributed by atoms with E-state index in [1.54, 1.807) is 6.92 Å². The molecule has 1 heterocycles. The lowest BCUT2D eigenvalue weighted by Gasteiger charge is -2.11. The SMILES string of the molecule is CC[C@H](O)c1oc(=O)cc(OC)c1C. The number of aliphatic hydroxyl groups is 1. The summed E-state index contributed by atoms with van der Waals surface area (Å²) in [4.78, 5) is 11.1. The summed E-state index contributed by atoms with van der Waals surface area (Å²) in [5.74, 6) is 0.737. The Morgan fingerprint density at radius 1 is 1.64 bits per heavy atom. The topological polar surface area (TPSA) is 59.7 Å². The van der Waals surface area contributed by atoms with Gasteiger partial charge in [-0.1, -0.05) is 6.92 Å². The van der Waals surface area contributed by atoms with Gasteiger partial charge in [0.2, 0.25) is 0 Å². The van der Waals surface area contributed by atoms with Crippen LogP contribution in [0.2, 0.25) is 0 Å². The van der Waals surface area contributed by atoms with E-state index in [9.17, 15) is 9.90 Å². The lowest BCUT2D eigenvalue weighted by Crippen LogP contribution is -2.08. The van der Waals surface area contributed by atoms with Gasteiger partial charge in [0, 0.05) is 5.56 Å². The number of hydrogen-bond acceptors (Lipinski definition) is 4. The van der Waals surface area contributed by atoms with E-state index in [1.165, 1.54) is 13.2 Å². The standard InChI is InChI=1S/C10H14O4/c1-4-7(11)10-6(2)8(13-3)5-9(12)14-10/h5,7,11H,4H2,1-3H3/t7-/m0/s1. The fourth-order valence-electron chi connectivity index (χ4n) is 1.27. The van der Waals surface area contributed by atoms with Crippen LogP contribution in [0.3, 0.4) is 0 Å². The first kappa shape index (κ1) is 10.8. The summed E-state index contributed by atoms with van der Waals surface area (Å²) in [7, 11) is 1.48. The van der Waals surface area contributed by atoms with Crippen LogP contribution in [-0.4, -0.2) is 12.2 Å². The first-order valence-corrected chi connectivity index (χ1v) is 4.46. The molecule has 0 radical (unpaired) electrons. The molecule has 1 atom stereocenters. The number of methoxy groups -OCH3 is 1. The summed E-state index contributed by atoms with van der Waals surface area (Å²) in [6.45, 7) is 3.56. The van der Waals surface area contributed by atoms with E-state index in [4.69, 9.17) is 9.15 Å². The molecule has 78 valence electrons. The zero-order valence-electron chi connectivity index (χ0n) is 8.53. The minimum Gasteiger partial charge on any atom is -0.496 e. The second-order valence-electron chi connectivity index (χ2n) is 3.05. The molecular weight excluding hydrogens is 184 g/mol. The maximum atomic E-state index is 11.1. The van der Waals surface area contributed by atoms with E-state index in [1.807, 2.05) is 6.92 Å². The Kier molecular flexibility index (Phi) is 3.30. The van der Waals surface area contributed by atoms with Crippen LogP contribution in [0.25, 0.3) is 0 Å². The molecule has 0 saturated heterocycles. The van der Waals surface area contributed by atoms with E-state index in [0.29, 0.717) is 17.7 Å². The van der Waals surface area contributed by atoms with Crippen molar-refractivity contribution in [3.8, 4) is 5.75 Å². The Morgan fingerprint density at radius 3 is 2.79 bits per heavy atom. The molecule has 1 rings (SSSR count). The summed E-state index contributed by atoms with van der Waals surface area (Å²) in [6.07, 6.45) is -0.255. The molecule has 0 bridgehead atoms. The minimum atomic E-state index is -0.752. The van der Waals surface area contributed by atoms with Gasteiger partial charge < -0.3 is 14.3 Å². The lowest BCUT2D eigenvalue weighted by atomic mass is 10.1. The van der Waals surface area contributed by atoms with Gasteiger partial charge in [-0.2, -0.15) is 0 Å². The van der Waals surface area contributed by atoms with Crippen molar-refractivity contribution in [3.63, 3.8) is 0 Å². The van der Waals surface area contributed by atoms with Crippen molar-refractivity contribution in [2.24, 2.45) is 0 Å². The zero-order chi connectivity index (χ0) is 10.7. The van der Waals surface area contributed by atoms with Gasteiger partial charge in [-0.15, -0.1) is 0 Å². The number of hydrogen-bond donors (Lipinski definition) is 1. The van der Waals surface area contributed by atoms with Crippen LogP contribution in [0.4, 0.5) is 0 Å². The van der Waals surface area contributed by atoms with Crippen LogP contribution in [0.15, 0.2) is 15.3 Å². The van der Waals surface area contributed by atoms with Crippen LogP contribution in [0.1, 0.15) is 30.8 Å². The first-order valence-electron chi connectivity index (χ1n) is 4.46. The first-order chi connectivity index (χ1) is 6.60. The second kappa shape index (κ2) is 4.28. The van der Waals surface area contributed by atoms with Crippen molar-refractivity contribution in [3.05, 3.63) is 27.8 Å². The summed E-state index contributed by atoms with van der Waals surface area (Å²) in [6, 6.07) is 1.27. The van der Waals surface area contributed by atoms with Gasteiger partial charge in [0.15, 0.2) is 0 Å². The molecule has 0 aromatic carbocycles. The molecule has 0 amide bonds. The van der Waals surface area contributed by atoms with E-state index in [2.05, 4.69) is 0 Å². The van der Waals surface area contributed by atoms with E-state index < -0.39 is 11.7 Å². The zero-order valence-corrected chi connectivity index (χ0v) is 8.53. The monoisotopic (exact) mass is 198 g/mol. The molecule has 0 unspecified atom stereocenters. The highest BCUT2D eigenvalue weighted by atomic mass is 16.5. The normalized spacial score (nSPS) is 12.6. The van der Waals surface area contributed by atoms with Gasteiger partial charge >= 0.3 is 5.63 Å². The Hall–Kier alpha value is -1.29. The molecular formula is C10H14O4. The Labute approximate surface area is 82.1 Å².